The number of amides is 1. The lowest BCUT2D eigenvalue weighted by atomic mass is 9.85. The van der Waals surface area contributed by atoms with Crippen molar-refractivity contribution in [3.63, 3.8) is 0 Å². The van der Waals surface area contributed by atoms with Gasteiger partial charge in [-0.1, -0.05) is 30.7 Å². The van der Waals surface area contributed by atoms with Gasteiger partial charge in [0.15, 0.2) is 0 Å². The molecular formula is C21H25FN4O. The van der Waals surface area contributed by atoms with Crippen molar-refractivity contribution in [2.45, 2.75) is 38.9 Å². The molecule has 1 saturated carbocycles. The number of nitrogens with one attached hydrogen (secondary N) is 1. The minimum atomic E-state index is -0.212. The van der Waals surface area contributed by atoms with E-state index in [9.17, 15) is 9.18 Å². The highest BCUT2D eigenvalue weighted by Gasteiger charge is 2.25. The molecule has 0 radical (unpaired) electrons. The van der Waals surface area contributed by atoms with E-state index in [-0.39, 0.29) is 17.6 Å². The lowest BCUT2D eigenvalue weighted by Crippen LogP contribution is -2.34. The maximum atomic E-state index is 12.9. The van der Waals surface area contributed by atoms with Gasteiger partial charge in [0.05, 0.1) is 24.5 Å². The van der Waals surface area contributed by atoms with Crippen LogP contribution in [0.25, 0.3) is 6.08 Å². The van der Waals surface area contributed by atoms with Crippen LogP contribution in [0.15, 0.2) is 36.4 Å². The third kappa shape index (κ3) is 4.45. The number of hydrogen-bond acceptors (Lipinski definition) is 3. The minimum Gasteiger partial charge on any atom is -0.350 e. The Balaban J connectivity index is 1.28. The molecule has 0 unspecified atom stereocenters. The second-order valence-electron chi connectivity index (χ2n) is 7.38. The molecule has 0 bridgehead atoms. The summed E-state index contributed by atoms with van der Waals surface area (Å²) < 4.78 is 15.0. The lowest BCUT2D eigenvalue weighted by molar-refractivity contribution is -0.127. The Morgan fingerprint density at radius 1 is 1.26 bits per heavy atom. The molecule has 27 heavy (non-hydrogen) atoms. The Hall–Kier alpha value is -2.47. The summed E-state index contributed by atoms with van der Waals surface area (Å²) in [6.45, 7) is 4.00. The van der Waals surface area contributed by atoms with E-state index < -0.39 is 0 Å². The summed E-state index contributed by atoms with van der Waals surface area (Å²) in [5.74, 6) is 0.168. The van der Waals surface area contributed by atoms with Gasteiger partial charge in [-0.3, -0.25) is 14.4 Å². The van der Waals surface area contributed by atoms with Gasteiger partial charge in [0, 0.05) is 25.6 Å². The summed E-state index contributed by atoms with van der Waals surface area (Å²) in [6.07, 6.45) is 7.34. The van der Waals surface area contributed by atoms with E-state index in [0.29, 0.717) is 6.54 Å². The van der Waals surface area contributed by atoms with E-state index in [4.69, 9.17) is 0 Å². The Kier molecular flexibility index (Phi) is 5.34. The average molecular weight is 368 g/mol. The second kappa shape index (κ2) is 8.05. The van der Waals surface area contributed by atoms with Gasteiger partial charge in [-0.05, 0) is 36.6 Å². The molecular weight excluding hydrogens is 343 g/mol. The zero-order chi connectivity index (χ0) is 18.6. The fourth-order valence-corrected chi connectivity index (χ4v) is 3.53. The maximum absolute atomic E-state index is 12.9. The molecule has 0 atom stereocenters. The first kappa shape index (κ1) is 17.9. The van der Waals surface area contributed by atoms with Crippen molar-refractivity contribution < 1.29 is 9.18 Å². The molecule has 1 N–H and O–H groups in total. The number of nitrogens with zero attached hydrogens (tertiary/aromatic N) is 3. The molecule has 2 aromatic rings. The first-order chi connectivity index (χ1) is 13.2. The quantitative estimate of drug-likeness (QED) is 0.853. The number of benzene rings is 1. The zero-order valence-corrected chi connectivity index (χ0v) is 15.4. The van der Waals surface area contributed by atoms with E-state index in [1.807, 2.05) is 10.8 Å². The first-order valence-electron chi connectivity index (χ1n) is 9.65. The van der Waals surface area contributed by atoms with Crippen LogP contribution in [0, 0.1) is 11.7 Å². The van der Waals surface area contributed by atoms with Crippen LogP contribution < -0.4 is 5.32 Å². The summed E-state index contributed by atoms with van der Waals surface area (Å²) in [4.78, 5) is 14.3. The number of hydrogen-bond donors (Lipinski definition) is 1. The van der Waals surface area contributed by atoms with Crippen LogP contribution in [0.4, 0.5) is 4.39 Å². The van der Waals surface area contributed by atoms with Gasteiger partial charge in [-0.2, -0.15) is 5.10 Å². The molecule has 2 aliphatic rings. The number of halogens is 1. The standard InChI is InChI=1S/C21H25FN4O/c22-18-8-6-16(7-9-18)3-2-10-25-11-12-26-20(15-25)13-19(24-26)14-23-21(27)17-4-1-5-17/h2-3,6-9,13,17H,1,4-5,10-12,14-15H2,(H,23,27). The van der Waals surface area contributed by atoms with Crippen LogP contribution in [-0.2, 0) is 24.4 Å². The monoisotopic (exact) mass is 368 g/mol. The smallest absolute Gasteiger partial charge is 0.223 e. The Bertz CT molecular complexity index is 823. The molecule has 0 spiro atoms. The molecule has 6 heteroatoms. The third-order valence-electron chi connectivity index (χ3n) is 5.39. The molecule has 1 aliphatic heterocycles. The highest BCUT2D eigenvalue weighted by molar-refractivity contribution is 5.79. The fraction of sp³-hybridized carbons (Fsp3) is 0.429. The van der Waals surface area contributed by atoms with Gasteiger partial charge in [0.25, 0.3) is 0 Å². The Morgan fingerprint density at radius 2 is 2.07 bits per heavy atom. The Labute approximate surface area is 158 Å². The molecule has 0 saturated heterocycles. The van der Waals surface area contributed by atoms with Crippen molar-refractivity contribution in [3.8, 4) is 0 Å². The SMILES string of the molecule is O=C(NCc1cc2n(n1)CCN(CC=Cc1ccc(F)cc1)C2)C1CCC1. The molecule has 142 valence electrons. The van der Waals surface area contributed by atoms with Crippen LogP contribution in [-0.4, -0.2) is 33.7 Å². The molecule has 2 heterocycles. The molecule has 1 aromatic heterocycles. The highest BCUT2D eigenvalue weighted by Crippen LogP contribution is 2.26. The van der Waals surface area contributed by atoms with Crippen molar-refractivity contribution in [2.75, 3.05) is 13.1 Å². The number of carbonyl (C=O) groups excluding carboxylic acids is 1. The third-order valence-corrected chi connectivity index (χ3v) is 5.39. The van der Waals surface area contributed by atoms with Gasteiger partial charge in [0.2, 0.25) is 5.91 Å². The summed E-state index contributed by atoms with van der Waals surface area (Å²) in [5.41, 5.74) is 3.12. The van der Waals surface area contributed by atoms with Crippen LogP contribution in [0.5, 0.6) is 0 Å². The number of carbonyl (C=O) groups is 1. The number of fused-ring (bicyclic) bond motifs is 1. The number of aromatic nitrogens is 2. The molecule has 1 amide bonds. The van der Waals surface area contributed by atoms with Crippen LogP contribution in [0.3, 0.4) is 0 Å². The van der Waals surface area contributed by atoms with Crippen molar-refractivity contribution in [3.05, 3.63) is 59.2 Å². The van der Waals surface area contributed by atoms with Gasteiger partial charge >= 0.3 is 0 Å². The van der Waals surface area contributed by atoms with E-state index >= 15 is 0 Å². The Morgan fingerprint density at radius 3 is 2.81 bits per heavy atom. The van der Waals surface area contributed by atoms with Crippen molar-refractivity contribution in [2.24, 2.45) is 5.92 Å². The van der Waals surface area contributed by atoms with Crippen molar-refractivity contribution in [1.29, 1.82) is 0 Å². The topological polar surface area (TPSA) is 50.2 Å². The summed E-state index contributed by atoms with van der Waals surface area (Å²) in [7, 11) is 0. The van der Waals surface area contributed by atoms with E-state index in [1.165, 1.54) is 24.2 Å². The number of rotatable bonds is 6. The fourth-order valence-electron chi connectivity index (χ4n) is 3.53. The lowest BCUT2D eigenvalue weighted by Gasteiger charge is -2.26. The predicted octanol–water partition coefficient (Wildman–Crippen LogP) is 2.97. The summed E-state index contributed by atoms with van der Waals surface area (Å²) in [5, 5.41) is 7.63. The molecule has 5 nitrogen and oxygen atoms in total. The van der Waals surface area contributed by atoms with Crippen molar-refractivity contribution in [1.82, 2.24) is 20.0 Å². The first-order valence-corrected chi connectivity index (χ1v) is 9.65. The average Bonchev–Trinajstić information content (AvgIpc) is 3.02. The maximum Gasteiger partial charge on any atom is 0.223 e. The van der Waals surface area contributed by atoms with Crippen molar-refractivity contribution >= 4 is 12.0 Å². The van der Waals surface area contributed by atoms with Gasteiger partial charge in [-0.15, -0.1) is 0 Å². The molecule has 1 aliphatic carbocycles. The van der Waals surface area contributed by atoms with Crippen LogP contribution >= 0.6 is 0 Å². The largest absolute Gasteiger partial charge is 0.350 e. The van der Waals surface area contributed by atoms with Gasteiger partial charge in [-0.25, -0.2) is 4.39 Å². The molecule has 4 rings (SSSR count). The minimum absolute atomic E-state index is 0.166. The van der Waals surface area contributed by atoms with E-state index in [0.717, 1.165) is 50.3 Å². The van der Waals surface area contributed by atoms with Crippen LogP contribution in [0.2, 0.25) is 0 Å². The molecule has 1 aromatic carbocycles. The van der Waals surface area contributed by atoms with Crippen LogP contribution in [0.1, 0.15) is 36.2 Å². The van der Waals surface area contributed by atoms with E-state index in [1.54, 1.807) is 12.1 Å². The summed E-state index contributed by atoms with van der Waals surface area (Å²) in [6, 6.07) is 8.61. The highest BCUT2D eigenvalue weighted by atomic mass is 19.1. The normalized spacial score (nSPS) is 17.7. The summed E-state index contributed by atoms with van der Waals surface area (Å²) >= 11 is 0. The van der Waals surface area contributed by atoms with Gasteiger partial charge in [0.1, 0.15) is 5.82 Å². The van der Waals surface area contributed by atoms with E-state index in [2.05, 4.69) is 27.5 Å². The zero-order valence-electron chi connectivity index (χ0n) is 15.4. The predicted molar refractivity (Wildman–Crippen MR) is 102 cm³/mol. The molecule has 1 fully saturated rings. The van der Waals surface area contributed by atoms with Gasteiger partial charge < -0.3 is 5.32 Å². The second-order valence-corrected chi connectivity index (χ2v) is 7.38.